The van der Waals surface area contributed by atoms with Crippen LogP contribution < -0.4 is 0 Å². The Morgan fingerprint density at radius 3 is 2.54 bits per heavy atom. The molecule has 0 saturated heterocycles. The number of aryl methyl sites for hydroxylation is 1. The van der Waals surface area contributed by atoms with E-state index in [1.807, 2.05) is 0 Å². The summed E-state index contributed by atoms with van der Waals surface area (Å²) in [6, 6.07) is 1.79. The molecule has 0 radical (unpaired) electrons. The zero-order valence-corrected chi connectivity index (χ0v) is 7.90. The fraction of sp³-hybridized carbons (Fsp3) is 0.333. The highest BCUT2D eigenvalue weighted by Gasteiger charge is 2.09. The predicted molar refractivity (Wildman–Crippen MR) is 49.1 cm³/mol. The van der Waals surface area contributed by atoms with Gasteiger partial charge in [-0.1, -0.05) is 0 Å². The summed E-state index contributed by atoms with van der Waals surface area (Å²) in [5.41, 5.74) is 1.93. The van der Waals surface area contributed by atoms with E-state index >= 15 is 0 Å². The van der Waals surface area contributed by atoms with Crippen LogP contribution in [0.4, 0.5) is 0 Å². The molecule has 4 heteroatoms. The lowest BCUT2D eigenvalue weighted by molar-refractivity contribution is -0.132. The highest BCUT2D eigenvalue weighted by molar-refractivity contribution is 5.94. The summed E-state index contributed by atoms with van der Waals surface area (Å²) in [7, 11) is 1.79. The fourth-order valence-corrected chi connectivity index (χ4v) is 1.09. The number of hydrogen-bond acceptors (Lipinski definition) is 2. The van der Waals surface area contributed by atoms with Crippen LogP contribution in [-0.4, -0.2) is 20.9 Å². The minimum absolute atomic E-state index is 0.351. The first-order valence-corrected chi connectivity index (χ1v) is 3.93. The summed E-state index contributed by atoms with van der Waals surface area (Å²) in [4.78, 5) is 10.7. The first-order chi connectivity index (χ1) is 6.04. The second-order valence-electron chi connectivity index (χ2n) is 2.90. The zero-order chi connectivity index (χ0) is 10.0. The van der Waals surface area contributed by atoms with Crippen molar-refractivity contribution in [3.63, 3.8) is 0 Å². The van der Waals surface area contributed by atoms with Gasteiger partial charge in [-0.2, -0.15) is 5.10 Å². The van der Waals surface area contributed by atoms with Gasteiger partial charge in [0.25, 0.3) is 0 Å². The van der Waals surface area contributed by atoms with Gasteiger partial charge in [-0.3, -0.25) is 4.68 Å². The number of allylic oxidation sites excluding steroid dienone is 1. The monoisotopic (exact) mass is 180 g/mol. The molecule has 4 nitrogen and oxygen atoms in total. The van der Waals surface area contributed by atoms with E-state index in [9.17, 15) is 4.79 Å². The molecule has 0 unspecified atom stereocenters. The Hall–Kier alpha value is -1.58. The van der Waals surface area contributed by atoms with Gasteiger partial charge in [-0.05, 0) is 25.5 Å². The van der Waals surface area contributed by atoms with Crippen LogP contribution in [0, 0.1) is 0 Å². The van der Waals surface area contributed by atoms with Gasteiger partial charge in [-0.15, -0.1) is 0 Å². The minimum atomic E-state index is -0.890. The SMILES string of the molecule is CC(C(=O)O)=C(C)c1ccnn1C. The zero-order valence-electron chi connectivity index (χ0n) is 7.90. The molecule has 1 N–H and O–H groups in total. The molecule has 1 heterocycles. The highest BCUT2D eigenvalue weighted by Crippen LogP contribution is 2.16. The van der Waals surface area contributed by atoms with Crippen LogP contribution in [0.15, 0.2) is 17.8 Å². The summed E-state index contributed by atoms with van der Waals surface area (Å²) in [5.74, 6) is -0.890. The van der Waals surface area contributed by atoms with E-state index in [1.165, 1.54) is 0 Å². The lowest BCUT2D eigenvalue weighted by atomic mass is 10.1. The third-order valence-corrected chi connectivity index (χ3v) is 2.09. The third kappa shape index (κ3) is 1.77. The summed E-state index contributed by atoms with van der Waals surface area (Å²) >= 11 is 0. The molecule has 0 atom stereocenters. The summed E-state index contributed by atoms with van der Waals surface area (Å²) in [6.07, 6.45) is 1.65. The maximum atomic E-state index is 10.7. The average molecular weight is 180 g/mol. The molecule has 0 saturated carbocycles. The van der Waals surface area contributed by atoms with Crippen molar-refractivity contribution in [1.29, 1.82) is 0 Å². The molecule has 1 aromatic heterocycles. The van der Waals surface area contributed by atoms with Crippen molar-refractivity contribution in [2.45, 2.75) is 13.8 Å². The molecule has 0 spiro atoms. The third-order valence-electron chi connectivity index (χ3n) is 2.09. The molecule has 0 aromatic carbocycles. The number of aromatic nitrogens is 2. The Balaban J connectivity index is 3.17. The largest absolute Gasteiger partial charge is 0.478 e. The fourth-order valence-electron chi connectivity index (χ4n) is 1.09. The molecular weight excluding hydrogens is 168 g/mol. The van der Waals surface area contributed by atoms with E-state index < -0.39 is 5.97 Å². The number of hydrogen-bond donors (Lipinski definition) is 1. The lowest BCUT2D eigenvalue weighted by Crippen LogP contribution is -2.02. The Labute approximate surface area is 76.5 Å². The molecule has 0 aliphatic rings. The molecule has 0 amide bonds. The van der Waals surface area contributed by atoms with Crippen molar-refractivity contribution in [2.75, 3.05) is 0 Å². The van der Waals surface area contributed by atoms with Gasteiger partial charge in [0.1, 0.15) is 0 Å². The minimum Gasteiger partial charge on any atom is -0.478 e. The smallest absolute Gasteiger partial charge is 0.331 e. The molecule has 1 aromatic rings. The first kappa shape index (κ1) is 9.51. The van der Waals surface area contributed by atoms with Crippen LogP contribution >= 0.6 is 0 Å². The van der Waals surface area contributed by atoms with E-state index in [1.54, 1.807) is 37.8 Å². The molecule has 0 bridgehead atoms. The van der Waals surface area contributed by atoms with Crippen molar-refractivity contribution >= 4 is 11.5 Å². The van der Waals surface area contributed by atoms with Gasteiger partial charge >= 0.3 is 5.97 Å². The predicted octanol–water partition coefficient (Wildman–Crippen LogP) is 1.30. The van der Waals surface area contributed by atoms with Crippen molar-refractivity contribution in [1.82, 2.24) is 9.78 Å². The molecule has 13 heavy (non-hydrogen) atoms. The van der Waals surface area contributed by atoms with E-state index in [4.69, 9.17) is 5.11 Å². The molecule has 1 rings (SSSR count). The number of rotatable bonds is 2. The van der Waals surface area contributed by atoms with Crippen LogP contribution in [0.3, 0.4) is 0 Å². The number of nitrogens with zero attached hydrogens (tertiary/aromatic N) is 2. The maximum absolute atomic E-state index is 10.7. The van der Waals surface area contributed by atoms with Crippen molar-refractivity contribution < 1.29 is 9.90 Å². The highest BCUT2D eigenvalue weighted by atomic mass is 16.4. The molecule has 0 fully saturated rings. The van der Waals surface area contributed by atoms with Crippen LogP contribution in [0.1, 0.15) is 19.5 Å². The molecule has 70 valence electrons. The Kier molecular flexibility index (Phi) is 2.51. The second kappa shape index (κ2) is 3.43. The van der Waals surface area contributed by atoms with E-state index in [-0.39, 0.29) is 0 Å². The number of carboxylic acids is 1. The van der Waals surface area contributed by atoms with Crippen molar-refractivity contribution in [3.05, 3.63) is 23.5 Å². The van der Waals surface area contributed by atoms with Gasteiger partial charge < -0.3 is 5.11 Å². The topological polar surface area (TPSA) is 55.1 Å². The van der Waals surface area contributed by atoms with E-state index in [0.29, 0.717) is 5.57 Å². The Morgan fingerprint density at radius 2 is 2.15 bits per heavy atom. The Bertz CT molecular complexity index is 363. The summed E-state index contributed by atoms with van der Waals surface area (Å²) < 4.78 is 1.65. The Morgan fingerprint density at radius 1 is 1.54 bits per heavy atom. The normalized spacial score (nSPS) is 12.5. The van der Waals surface area contributed by atoms with Crippen molar-refractivity contribution in [3.8, 4) is 0 Å². The maximum Gasteiger partial charge on any atom is 0.331 e. The van der Waals surface area contributed by atoms with Crippen LogP contribution in [0.5, 0.6) is 0 Å². The van der Waals surface area contributed by atoms with E-state index in [2.05, 4.69) is 5.10 Å². The molecule has 0 aliphatic heterocycles. The summed E-state index contributed by atoms with van der Waals surface area (Å²) in [5, 5.41) is 12.7. The van der Waals surface area contributed by atoms with E-state index in [0.717, 1.165) is 11.3 Å². The van der Waals surface area contributed by atoms with Crippen LogP contribution in [0.2, 0.25) is 0 Å². The number of carboxylic acid groups (broad SMARTS) is 1. The first-order valence-electron chi connectivity index (χ1n) is 3.93. The number of carbonyl (C=O) groups is 1. The summed E-state index contributed by atoms with van der Waals surface area (Å²) in [6.45, 7) is 3.37. The standard InChI is InChI=1S/C9H12N2O2/c1-6(7(2)9(12)13)8-4-5-10-11(8)3/h4-5H,1-3H3,(H,12,13). The van der Waals surface area contributed by atoms with Crippen molar-refractivity contribution in [2.24, 2.45) is 7.05 Å². The van der Waals surface area contributed by atoms with Gasteiger partial charge in [0.15, 0.2) is 0 Å². The quantitative estimate of drug-likeness (QED) is 0.698. The second-order valence-corrected chi connectivity index (χ2v) is 2.90. The van der Waals surface area contributed by atoms with Gasteiger partial charge in [0.2, 0.25) is 0 Å². The lowest BCUT2D eigenvalue weighted by Gasteiger charge is -2.03. The van der Waals surface area contributed by atoms with Crippen LogP contribution in [0.25, 0.3) is 5.57 Å². The molecule has 0 aliphatic carbocycles. The van der Waals surface area contributed by atoms with Gasteiger partial charge in [0.05, 0.1) is 5.69 Å². The van der Waals surface area contributed by atoms with Gasteiger partial charge in [0, 0.05) is 18.8 Å². The number of aliphatic carboxylic acids is 1. The molecular formula is C9H12N2O2. The van der Waals surface area contributed by atoms with Crippen LogP contribution in [-0.2, 0) is 11.8 Å². The van der Waals surface area contributed by atoms with Gasteiger partial charge in [-0.25, -0.2) is 4.79 Å². The average Bonchev–Trinajstić information content (AvgIpc) is 2.48.